The van der Waals surface area contributed by atoms with Gasteiger partial charge in [-0.15, -0.1) is 0 Å². The number of ketones is 1. The molecular weight excluding hydrogens is 634 g/mol. The molecule has 0 unspecified atom stereocenters. The molecular formula is C36H50ClN5O6. The van der Waals surface area contributed by atoms with Crippen LogP contribution in [0.1, 0.15) is 97.5 Å². The standard InChI is InChI=1S/C36H50ClN5O6/c1-6-11-26(29(43)33(46)38-5)39-32(45)28-19-36(18-27(41-48-36)22-14-10-15-23(37)16-22)20-42(28)34(47)30(35(2,3)4)40-31(44)25-17-24(25)21-12-8-7-9-13-21/h10,14-16,21,24-26,28,30H,6-9,11-13,17-20H2,1-5H3,(H,38,46)(H,39,45)(H,40,44)/t24-,25+,26+,28+,30-,36-/m1/s1. The molecule has 2 aliphatic heterocycles. The fraction of sp³-hybridized carbons (Fsp3) is 0.667. The van der Waals surface area contributed by atoms with E-state index in [4.69, 9.17) is 16.4 Å². The summed E-state index contributed by atoms with van der Waals surface area (Å²) in [6.45, 7) is 7.60. The van der Waals surface area contributed by atoms with Crippen molar-refractivity contribution in [2.45, 2.75) is 116 Å². The second-order valence-electron chi connectivity index (χ2n) is 15.2. The third-order valence-electron chi connectivity index (χ3n) is 10.5. The summed E-state index contributed by atoms with van der Waals surface area (Å²) in [5.74, 6) is -1.81. The van der Waals surface area contributed by atoms with Crippen LogP contribution in [-0.4, -0.2) is 77.3 Å². The highest BCUT2D eigenvalue weighted by molar-refractivity contribution is 6.38. The van der Waals surface area contributed by atoms with Gasteiger partial charge in [-0.25, -0.2) is 0 Å². The summed E-state index contributed by atoms with van der Waals surface area (Å²) in [5, 5.41) is 13.1. The normalized spacial score (nSPS) is 26.7. The second-order valence-corrected chi connectivity index (χ2v) is 15.6. The minimum atomic E-state index is -1.05. The van der Waals surface area contributed by atoms with Crippen molar-refractivity contribution in [1.82, 2.24) is 20.9 Å². The lowest BCUT2D eigenvalue weighted by molar-refractivity contribution is -0.145. The van der Waals surface area contributed by atoms with Gasteiger partial charge in [0, 0.05) is 36.4 Å². The van der Waals surface area contributed by atoms with Gasteiger partial charge in [0.2, 0.25) is 23.5 Å². The number of hydrogen-bond donors (Lipinski definition) is 3. The van der Waals surface area contributed by atoms with Crippen LogP contribution in [0.2, 0.25) is 5.02 Å². The van der Waals surface area contributed by atoms with E-state index < -0.39 is 52.6 Å². The van der Waals surface area contributed by atoms with Crippen molar-refractivity contribution in [2.75, 3.05) is 13.6 Å². The van der Waals surface area contributed by atoms with Crippen molar-refractivity contribution >= 4 is 46.7 Å². The number of nitrogens with one attached hydrogen (secondary N) is 3. The first kappa shape index (κ1) is 35.8. The number of nitrogens with zero attached hydrogens (tertiary/aromatic N) is 2. The molecule has 0 bridgehead atoms. The Hall–Kier alpha value is -3.47. The molecule has 4 amide bonds. The van der Waals surface area contributed by atoms with Gasteiger partial charge >= 0.3 is 0 Å². The van der Waals surface area contributed by atoms with Crippen LogP contribution in [0, 0.1) is 23.2 Å². The Morgan fingerprint density at radius 3 is 2.46 bits per heavy atom. The summed E-state index contributed by atoms with van der Waals surface area (Å²) in [5.41, 5.74) is -0.249. The monoisotopic (exact) mass is 683 g/mol. The first-order chi connectivity index (χ1) is 22.8. The Labute approximate surface area is 288 Å². The summed E-state index contributed by atoms with van der Waals surface area (Å²) in [7, 11) is 1.36. The predicted octanol–water partition coefficient (Wildman–Crippen LogP) is 4.15. The number of likely N-dealkylation sites (tertiary alicyclic amines) is 1. The number of carbonyl (C=O) groups is 5. The Morgan fingerprint density at radius 1 is 1.08 bits per heavy atom. The van der Waals surface area contributed by atoms with Crippen molar-refractivity contribution in [2.24, 2.45) is 28.3 Å². The summed E-state index contributed by atoms with van der Waals surface area (Å²) in [4.78, 5) is 74.9. The summed E-state index contributed by atoms with van der Waals surface area (Å²) >= 11 is 6.24. The number of halogens is 1. The molecule has 1 spiro atoms. The average molecular weight is 684 g/mol. The van der Waals surface area contributed by atoms with Crippen LogP contribution in [0.4, 0.5) is 0 Å². The van der Waals surface area contributed by atoms with Gasteiger partial charge < -0.3 is 25.7 Å². The van der Waals surface area contributed by atoms with Gasteiger partial charge in [0.05, 0.1) is 18.3 Å². The first-order valence-electron chi connectivity index (χ1n) is 17.4. The summed E-state index contributed by atoms with van der Waals surface area (Å²) in [6.07, 6.45) is 8.06. The smallest absolute Gasteiger partial charge is 0.289 e. The number of rotatable bonds is 11. The first-order valence-corrected chi connectivity index (χ1v) is 17.8. The van der Waals surface area contributed by atoms with Gasteiger partial charge in [-0.1, -0.05) is 95.1 Å². The van der Waals surface area contributed by atoms with Crippen molar-refractivity contribution in [1.29, 1.82) is 0 Å². The van der Waals surface area contributed by atoms with Crippen molar-refractivity contribution < 1.29 is 28.8 Å². The van der Waals surface area contributed by atoms with Crippen LogP contribution in [0.3, 0.4) is 0 Å². The van der Waals surface area contributed by atoms with Gasteiger partial charge in [-0.2, -0.15) is 0 Å². The molecule has 0 radical (unpaired) electrons. The molecule has 11 nitrogen and oxygen atoms in total. The lowest BCUT2D eigenvalue weighted by Gasteiger charge is -2.36. The number of carbonyl (C=O) groups excluding carboxylic acids is 5. The van der Waals surface area contributed by atoms with E-state index in [-0.39, 0.29) is 31.2 Å². The number of oxime groups is 1. The predicted molar refractivity (Wildman–Crippen MR) is 182 cm³/mol. The molecule has 2 saturated carbocycles. The number of hydrogen-bond acceptors (Lipinski definition) is 7. The molecule has 6 atom stereocenters. The molecule has 3 fully saturated rings. The molecule has 4 aliphatic rings. The summed E-state index contributed by atoms with van der Waals surface area (Å²) < 4.78 is 0. The maximum absolute atomic E-state index is 14.6. The average Bonchev–Trinajstić information content (AvgIpc) is 3.63. The number of amides is 4. The minimum Gasteiger partial charge on any atom is -0.387 e. The Kier molecular flexibility index (Phi) is 10.9. The van der Waals surface area contributed by atoms with E-state index in [0.717, 1.165) is 24.8 Å². The molecule has 262 valence electrons. The Bertz CT molecular complexity index is 1450. The lowest BCUT2D eigenvalue weighted by Crippen LogP contribution is -2.59. The van der Waals surface area contributed by atoms with E-state index >= 15 is 0 Å². The third kappa shape index (κ3) is 7.87. The van der Waals surface area contributed by atoms with E-state index in [1.165, 1.54) is 31.2 Å². The highest BCUT2D eigenvalue weighted by Gasteiger charge is 2.56. The quantitative estimate of drug-likeness (QED) is 0.299. The molecule has 1 aromatic carbocycles. The molecule has 2 heterocycles. The van der Waals surface area contributed by atoms with Crippen LogP contribution >= 0.6 is 11.6 Å². The molecule has 5 rings (SSSR count). The van der Waals surface area contributed by atoms with Crippen molar-refractivity contribution in [3.8, 4) is 0 Å². The fourth-order valence-electron chi connectivity index (χ4n) is 7.72. The van der Waals surface area contributed by atoms with Crippen LogP contribution in [0.25, 0.3) is 0 Å². The Balaban J connectivity index is 1.38. The topological polar surface area (TPSA) is 146 Å². The van der Waals surface area contributed by atoms with Gasteiger partial charge in [0.25, 0.3) is 5.91 Å². The Morgan fingerprint density at radius 2 is 1.81 bits per heavy atom. The maximum atomic E-state index is 14.6. The molecule has 2 aliphatic carbocycles. The van der Waals surface area contributed by atoms with Crippen LogP contribution in [0.5, 0.6) is 0 Å². The third-order valence-corrected chi connectivity index (χ3v) is 10.7. The van der Waals surface area contributed by atoms with Gasteiger partial charge in [0.1, 0.15) is 12.1 Å². The van der Waals surface area contributed by atoms with Gasteiger partial charge in [-0.3, -0.25) is 24.0 Å². The van der Waals surface area contributed by atoms with Crippen LogP contribution < -0.4 is 16.0 Å². The van der Waals surface area contributed by atoms with E-state index in [9.17, 15) is 24.0 Å². The minimum absolute atomic E-state index is 0.0515. The largest absolute Gasteiger partial charge is 0.387 e. The van der Waals surface area contributed by atoms with E-state index in [2.05, 4.69) is 21.1 Å². The maximum Gasteiger partial charge on any atom is 0.289 e. The number of benzene rings is 1. The molecule has 1 aromatic rings. The zero-order valence-electron chi connectivity index (χ0n) is 28.8. The molecule has 48 heavy (non-hydrogen) atoms. The molecule has 12 heteroatoms. The zero-order valence-corrected chi connectivity index (χ0v) is 29.5. The van der Waals surface area contributed by atoms with E-state index in [1.54, 1.807) is 12.1 Å². The van der Waals surface area contributed by atoms with Crippen LogP contribution in [0.15, 0.2) is 29.4 Å². The lowest BCUT2D eigenvalue weighted by atomic mass is 9.84. The fourth-order valence-corrected chi connectivity index (χ4v) is 7.91. The van der Waals surface area contributed by atoms with E-state index in [0.29, 0.717) is 35.4 Å². The summed E-state index contributed by atoms with van der Waals surface area (Å²) in [6, 6.07) is 4.26. The SMILES string of the molecule is CCC[C@H](NC(=O)[C@@H]1C[C@]2(CC(c3cccc(Cl)c3)=NO2)CN1C(=O)[C@@H](NC(=O)[C@H]1C[C@@H]1C1CCCCC1)C(C)(C)C)C(=O)C(=O)NC. The zero-order chi connectivity index (χ0) is 34.8. The molecule has 3 N–H and O–H groups in total. The van der Waals surface area contributed by atoms with Gasteiger partial charge in [0.15, 0.2) is 5.60 Å². The van der Waals surface area contributed by atoms with E-state index in [1.807, 2.05) is 39.8 Å². The second kappa shape index (κ2) is 14.6. The van der Waals surface area contributed by atoms with Gasteiger partial charge in [-0.05, 0) is 42.2 Å². The molecule has 0 aromatic heterocycles. The highest BCUT2D eigenvalue weighted by atomic mass is 35.5. The highest BCUT2D eigenvalue weighted by Crippen LogP contribution is 2.49. The van der Waals surface area contributed by atoms with Crippen molar-refractivity contribution in [3.63, 3.8) is 0 Å². The molecule has 1 saturated heterocycles. The number of likely N-dealkylation sites (N-methyl/N-ethyl adjacent to an activating group) is 1. The van der Waals surface area contributed by atoms with Crippen LogP contribution in [-0.2, 0) is 28.8 Å². The number of Topliss-reactive ketones (excluding diaryl/α,β-unsaturated/α-hetero) is 1. The van der Waals surface area contributed by atoms with Crippen molar-refractivity contribution in [3.05, 3.63) is 34.9 Å².